The third-order valence-corrected chi connectivity index (χ3v) is 2.92. The lowest BCUT2D eigenvalue weighted by Gasteiger charge is -2.11. The summed E-state index contributed by atoms with van der Waals surface area (Å²) in [6.45, 7) is 5.82. The Morgan fingerprint density at radius 2 is 1.95 bits per heavy atom. The molecule has 104 valence electrons. The Morgan fingerprint density at radius 3 is 2.58 bits per heavy atom. The normalized spacial score (nSPS) is 11.7. The number of carbonyl (C=O) groups excluding carboxylic acids is 2. The van der Waals surface area contributed by atoms with Crippen molar-refractivity contribution in [1.82, 2.24) is 5.32 Å². The lowest BCUT2D eigenvalue weighted by molar-refractivity contribution is -0.121. The fourth-order valence-electron chi connectivity index (χ4n) is 1.62. The molecule has 4 nitrogen and oxygen atoms in total. The van der Waals surface area contributed by atoms with Crippen LogP contribution in [-0.2, 0) is 16.0 Å². The highest BCUT2D eigenvalue weighted by Crippen LogP contribution is 2.11. The van der Waals surface area contributed by atoms with Crippen molar-refractivity contribution in [3.8, 4) is 0 Å². The van der Waals surface area contributed by atoms with Gasteiger partial charge in [0.05, 0.1) is 6.42 Å². The summed E-state index contributed by atoms with van der Waals surface area (Å²) >= 11 is 0. The van der Waals surface area contributed by atoms with E-state index >= 15 is 0 Å². The molecule has 0 aliphatic rings. The predicted molar refractivity (Wildman–Crippen MR) is 77.0 cm³/mol. The Bertz CT molecular complexity index is 444. The molecule has 1 atom stereocenters. The van der Waals surface area contributed by atoms with Gasteiger partial charge in [-0.1, -0.05) is 26.0 Å². The number of anilines is 1. The van der Waals surface area contributed by atoms with Gasteiger partial charge in [0.15, 0.2) is 0 Å². The minimum atomic E-state index is -0.0267. The molecule has 0 saturated carbocycles. The number of hydrogen-bond acceptors (Lipinski definition) is 2. The summed E-state index contributed by atoms with van der Waals surface area (Å²) in [5, 5.41) is 5.71. The number of benzene rings is 1. The first-order chi connectivity index (χ1) is 9.05. The summed E-state index contributed by atoms with van der Waals surface area (Å²) in [6, 6.07) is 7.58. The van der Waals surface area contributed by atoms with Crippen LogP contribution in [0.25, 0.3) is 0 Å². The maximum atomic E-state index is 11.8. The van der Waals surface area contributed by atoms with Gasteiger partial charge >= 0.3 is 0 Å². The van der Waals surface area contributed by atoms with Gasteiger partial charge in [-0.15, -0.1) is 0 Å². The molecule has 1 aromatic rings. The summed E-state index contributed by atoms with van der Waals surface area (Å²) in [6.07, 6.45) is 1.69. The molecule has 0 fully saturated rings. The number of carbonyl (C=O) groups is 2. The van der Waals surface area contributed by atoms with E-state index in [0.717, 1.165) is 17.7 Å². The Balaban J connectivity index is 2.61. The number of nitrogens with one attached hydrogen (secondary N) is 2. The largest absolute Gasteiger partial charge is 0.353 e. The molecule has 2 amide bonds. The van der Waals surface area contributed by atoms with Crippen molar-refractivity contribution in [3.05, 3.63) is 29.8 Å². The van der Waals surface area contributed by atoms with Crippen LogP contribution in [0.5, 0.6) is 0 Å². The van der Waals surface area contributed by atoms with E-state index in [2.05, 4.69) is 10.6 Å². The third kappa shape index (κ3) is 5.55. The maximum Gasteiger partial charge on any atom is 0.224 e. The molecule has 0 aliphatic heterocycles. The van der Waals surface area contributed by atoms with Crippen molar-refractivity contribution in [1.29, 1.82) is 0 Å². The molecule has 2 N–H and O–H groups in total. The molecule has 4 heteroatoms. The molecule has 0 radical (unpaired) electrons. The minimum Gasteiger partial charge on any atom is -0.353 e. The molecule has 0 heterocycles. The lowest BCUT2D eigenvalue weighted by Crippen LogP contribution is -2.33. The topological polar surface area (TPSA) is 58.2 Å². The van der Waals surface area contributed by atoms with Gasteiger partial charge in [0.1, 0.15) is 0 Å². The quantitative estimate of drug-likeness (QED) is 0.827. The zero-order valence-corrected chi connectivity index (χ0v) is 11.8. The first-order valence-electron chi connectivity index (χ1n) is 6.73. The van der Waals surface area contributed by atoms with Crippen molar-refractivity contribution in [2.24, 2.45) is 0 Å². The summed E-state index contributed by atoms with van der Waals surface area (Å²) in [7, 11) is 0. The van der Waals surface area contributed by atoms with Gasteiger partial charge in [-0.2, -0.15) is 0 Å². The van der Waals surface area contributed by atoms with Crippen LogP contribution in [0.3, 0.4) is 0 Å². The number of amides is 2. The smallest absolute Gasteiger partial charge is 0.224 e. The molecule has 0 spiro atoms. The minimum absolute atomic E-state index is 0.00770. The molecule has 0 bridgehead atoms. The monoisotopic (exact) mass is 262 g/mol. The highest BCUT2D eigenvalue weighted by Gasteiger charge is 2.07. The average Bonchev–Trinajstić information content (AvgIpc) is 2.38. The molecule has 1 aromatic carbocycles. The second-order valence-corrected chi connectivity index (χ2v) is 4.66. The van der Waals surface area contributed by atoms with Gasteiger partial charge in [0, 0.05) is 18.2 Å². The van der Waals surface area contributed by atoms with Crippen molar-refractivity contribution < 1.29 is 9.59 Å². The first-order valence-corrected chi connectivity index (χ1v) is 6.73. The van der Waals surface area contributed by atoms with E-state index in [9.17, 15) is 9.59 Å². The summed E-state index contributed by atoms with van der Waals surface area (Å²) in [5.74, 6) is -0.0190. The summed E-state index contributed by atoms with van der Waals surface area (Å²) in [5.41, 5.74) is 1.63. The van der Waals surface area contributed by atoms with Gasteiger partial charge in [0.25, 0.3) is 0 Å². The molecule has 19 heavy (non-hydrogen) atoms. The summed E-state index contributed by atoms with van der Waals surface area (Å²) < 4.78 is 0. The van der Waals surface area contributed by atoms with E-state index in [0.29, 0.717) is 12.8 Å². The first kappa shape index (κ1) is 15.2. The van der Waals surface area contributed by atoms with Crippen LogP contribution in [0.4, 0.5) is 5.69 Å². The van der Waals surface area contributed by atoms with Gasteiger partial charge in [-0.25, -0.2) is 0 Å². The van der Waals surface area contributed by atoms with Crippen molar-refractivity contribution >= 4 is 17.5 Å². The van der Waals surface area contributed by atoms with Gasteiger partial charge in [0.2, 0.25) is 11.8 Å². The molecule has 1 unspecified atom stereocenters. The van der Waals surface area contributed by atoms with Crippen LogP contribution in [0.1, 0.15) is 39.2 Å². The molecular formula is C15H22N2O2. The number of rotatable bonds is 6. The Morgan fingerprint density at radius 1 is 1.21 bits per heavy atom. The highest BCUT2D eigenvalue weighted by atomic mass is 16.2. The zero-order chi connectivity index (χ0) is 14.3. The van der Waals surface area contributed by atoms with Crippen LogP contribution >= 0.6 is 0 Å². The zero-order valence-electron chi connectivity index (χ0n) is 11.8. The predicted octanol–water partition coefficient (Wildman–Crippen LogP) is 2.49. The van der Waals surface area contributed by atoms with Crippen LogP contribution in [-0.4, -0.2) is 17.9 Å². The standard InChI is InChI=1S/C15H22N2O2/c1-4-11(3)16-15(19)10-12-7-6-8-13(9-12)17-14(18)5-2/h6-9,11H,4-5,10H2,1-3H3,(H,16,19)(H,17,18). The van der Waals surface area contributed by atoms with Crippen molar-refractivity contribution in [2.75, 3.05) is 5.32 Å². The van der Waals surface area contributed by atoms with Crippen molar-refractivity contribution in [3.63, 3.8) is 0 Å². The van der Waals surface area contributed by atoms with Crippen LogP contribution in [0.2, 0.25) is 0 Å². The lowest BCUT2D eigenvalue weighted by atomic mass is 10.1. The highest BCUT2D eigenvalue weighted by molar-refractivity contribution is 5.90. The molecule has 0 saturated heterocycles. The second kappa shape index (κ2) is 7.56. The van der Waals surface area contributed by atoms with Gasteiger partial charge < -0.3 is 10.6 Å². The second-order valence-electron chi connectivity index (χ2n) is 4.66. The summed E-state index contributed by atoms with van der Waals surface area (Å²) in [4.78, 5) is 23.1. The fraction of sp³-hybridized carbons (Fsp3) is 0.467. The van der Waals surface area contributed by atoms with E-state index in [1.165, 1.54) is 0 Å². The Hall–Kier alpha value is -1.84. The van der Waals surface area contributed by atoms with Crippen LogP contribution in [0, 0.1) is 0 Å². The van der Waals surface area contributed by atoms with Gasteiger partial charge in [-0.05, 0) is 31.0 Å². The molecule has 0 aliphatic carbocycles. The van der Waals surface area contributed by atoms with E-state index in [4.69, 9.17) is 0 Å². The van der Waals surface area contributed by atoms with E-state index in [-0.39, 0.29) is 17.9 Å². The van der Waals surface area contributed by atoms with Crippen molar-refractivity contribution in [2.45, 2.75) is 46.1 Å². The SMILES string of the molecule is CCC(=O)Nc1cccc(CC(=O)NC(C)CC)c1. The molecule has 0 aromatic heterocycles. The third-order valence-electron chi connectivity index (χ3n) is 2.92. The molecule has 1 rings (SSSR count). The van der Waals surface area contributed by atoms with E-state index in [1.807, 2.05) is 38.1 Å². The average molecular weight is 262 g/mol. The Kier molecular flexibility index (Phi) is 6.06. The Labute approximate surface area is 114 Å². The van der Waals surface area contributed by atoms with Crippen LogP contribution in [0.15, 0.2) is 24.3 Å². The van der Waals surface area contributed by atoms with Crippen LogP contribution < -0.4 is 10.6 Å². The van der Waals surface area contributed by atoms with E-state index in [1.54, 1.807) is 6.92 Å². The number of hydrogen-bond donors (Lipinski definition) is 2. The maximum absolute atomic E-state index is 11.8. The van der Waals surface area contributed by atoms with Gasteiger partial charge in [-0.3, -0.25) is 9.59 Å². The molecular weight excluding hydrogens is 240 g/mol. The van der Waals surface area contributed by atoms with E-state index < -0.39 is 0 Å². The fourth-order valence-corrected chi connectivity index (χ4v) is 1.62.